The van der Waals surface area contributed by atoms with Gasteiger partial charge in [-0.05, 0) is 108 Å². The van der Waals surface area contributed by atoms with E-state index in [0.29, 0.717) is 0 Å². The summed E-state index contributed by atoms with van der Waals surface area (Å²) in [5.41, 5.74) is 14.3. The van der Waals surface area contributed by atoms with Gasteiger partial charge in [-0.2, -0.15) is 0 Å². The van der Waals surface area contributed by atoms with E-state index in [1.54, 1.807) is 21.3 Å². The Morgan fingerprint density at radius 1 is 0.491 bits per heavy atom. The Kier molecular flexibility index (Phi) is 8.67. The molecule has 0 radical (unpaired) electrons. The highest BCUT2D eigenvalue weighted by molar-refractivity contribution is 6.30. The van der Waals surface area contributed by atoms with E-state index < -0.39 is 0 Å². The molecule has 0 saturated carbocycles. The Morgan fingerprint density at radius 2 is 1.02 bits per heavy atom. The van der Waals surface area contributed by atoms with E-state index >= 15 is 0 Å². The average Bonchev–Trinajstić information content (AvgIpc) is 4.07. The van der Waals surface area contributed by atoms with Crippen LogP contribution in [0.15, 0.2) is 162 Å². The first-order valence-electron chi connectivity index (χ1n) is 18.3. The van der Waals surface area contributed by atoms with E-state index in [1.165, 1.54) is 5.56 Å². The number of benzene rings is 4. The van der Waals surface area contributed by atoms with Crippen molar-refractivity contribution in [2.75, 3.05) is 21.3 Å². The number of hydrogen-bond donors (Lipinski definition) is 3. The van der Waals surface area contributed by atoms with Gasteiger partial charge in [-0.3, -0.25) is 0 Å². The first-order valence-corrected chi connectivity index (χ1v) is 18.3. The second kappa shape index (κ2) is 14.1. The lowest BCUT2D eigenvalue weighted by Crippen LogP contribution is -2.30. The summed E-state index contributed by atoms with van der Waals surface area (Å²) in [6.45, 7) is 2.12. The minimum Gasteiger partial charge on any atom is -0.497 e. The zero-order valence-corrected chi connectivity index (χ0v) is 31.1. The summed E-state index contributed by atoms with van der Waals surface area (Å²) in [6, 6.07) is 41.9. The molecule has 6 aromatic rings. The number of allylic oxidation sites excluding steroid dienone is 3. The maximum absolute atomic E-state index is 5.55. The highest BCUT2D eigenvalue weighted by Gasteiger charge is 2.26. The van der Waals surface area contributed by atoms with Crippen molar-refractivity contribution in [1.29, 1.82) is 0 Å². The van der Waals surface area contributed by atoms with Gasteiger partial charge in [-0.15, -0.1) is 0 Å². The third-order valence-corrected chi connectivity index (χ3v) is 10.5. The SMILES string of the molecule is COc1ccc(C2=C3C=CC(=N3)C(c3ccc(OC)cc3)=c3ccc([nH]3)=C(c3ccc(OC)cc3)C3C=CC(=C(c4ccc(C)cc4)c4ccc2[nH]4)N3)cc1. The van der Waals surface area contributed by atoms with Crippen molar-refractivity contribution >= 4 is 28.0 Å². The number of H-pyrrole nitrogens is 2. The maximum Gasteiger partial charge on any atom is 0.118 e. The van der Waals surface area contributed by atoms with E-state index in [-0.39, 0.29) is 6.04 Å². The van der Waals surface area contributed by atoms with Crippen molar-refractivity contribution in [3.05, 3.63) is 207 Å². The van der Waals surface area contributed by atoms with Crippen LogP contribution in [-0.2, 0) is 0 Å². The molecule has 3 N–H and O–H groups in total. The highest BCUT2D eigenvalue weighted by atomic mass is 16.5. The van der Waals surface area contributed by atoms with Crippen LogP contribution in [0.4, 0.5) is 0 Å². The summed E-state index contributed by atoms with van der Waals surface area (Å²) in [5.74, 6) is 2.40. The zero-order chi connectivity index (χ0) is 37.5. The Morgan fingerprint density at radius 3 is 1.64 bits per heavy atom. The summed E-state index contributed by atoms with van der Waals surface area (Å²) < 4.78 is 16.6. The Balaban J connectivity index is 1.36. The number of hydrogen-bond acceptors (Lipinski definition) is 5. The van der Waals surface area contributed by atoms with Crippen molar-refractivity contribution in [2.24, 2.45) is 4.99 Å². The van der Waals surface area contributed by atoms with Gasteiger partial charge >= 0.3 is 0 Å². The summed E-state index contributed by atoms with van der Waals surface area (Å²) in [7, 11) is 5.07. The number of nitrogens with zero attached hydrogens (tertiary/aromatic N) is 1. The molecule has 0 aliphatic carbocycles. The largest absolute Gasteiger partial charge is 0.497 e. The van der Waals surface area contributed by atoms with E-state index in [4.69, 9.17) is 19.2 Å². The topological polar surface area (TPSA) is 83.7 Å². The van der Waals surface area contributed by atoms with Gasteiger partial charge in [0.2, 0.25) is 0 Å². The number of aliphatic imine (C=N–C) groups is 1. The van der Waals surface area contributed by atoms with Gasteiger partial charge in [0.05, 0.1) is 38.8 Å². The number of aryl methyl sites for hydroxylation is 1. The number of nitrogens with one attached hydrogen (secondary N) is 3. The van der Waals surface area contributed by atoms with Crippen LogP contribution in [0.3, 0.4) is 0 Å². The molecule has 0 spiro atoms. The molecule has 1 atom stereocenters. The molecule has 5 heterocycles. The van der Waals surface area contributed by atoms with Crippen molar-refractivity contribution < 1.29 is 14.2 Å². The molecule has 8 bridgehead atoms. The van der Waals surface area contributed by atoms with Gasteiger partial charge in [0.1, 0.15) is 17.2 Å². The average molecular weight is 721 g/mol. The molecule has 2 aromatic heterocycles. The van der Waals surface area contributed by atoms with Crippen LogP contribution in [0.1, 0.15) is 39.2 Å². The molecule has 270 valence electrons. The Labute approximate surface area is 320 Å². The van der Waals surface area contributed by atoms with E-state index in [0.717, 1.165) is 101 Å². The van der Waals surface area contributed by atoms with Crippen LogP contribution < -0.4 is 30.2 Å². The fourth-order valence-electron chi connectivity index (χ4n) is 7.65. The first-order chi connectivity index (χ1) is 27.0. The predicted octanol–water partition coefficient (Wildman–Crippen LogP) is 7.85. The summed E-state index contributed by atoms with van der Waals surface area (Å²) >= 11 is 0. The molecule has 7 heteroatoms. The molecule has 3 aliphatic heterocycles. The minimum atomic E-state index is -0.132. The fraction of sp³-hybridized carbons (Fsp3) is 0.104. The van der Waals surface area contributed by atoms with Crippen LogP contribution in [0.2, 0.25) is 0 Å². The van der Waals surface area contributed by atoms with Crippen molar-refractivity contribution in [3.63, 3.8) is 0 Å². The molecule has 4 aromatic carbocycles. The molecule has 55 heavy (non-hydrogen) atoms. The Bertz CT molecular complexity index is 2700. The minimum absolute atomic E-state index is 0.132. The highest BCUT2D eigenvalue weighted by Crippen LogP contribution is 2.36. The van der Waals surface area contributed by atoms with Crippen LogP contribution in [0, 0.1) is 6.92 Å². The number of aromatic amines is 2. The smallest absolute Gasteiger partial charge is 0.118 e. The summed E-state index contributed by atoms with van der Waals surface area (Å²) in [6.07, 6.45) is 8.68. The van der Waals surface area contributed by atoms with Crippen LogP contribution in [-0.4, -0.2) is 43.1 Å². The van der Waals surface area contributed by atoms with Gasteiger partial charge in [-0.25, -0.2) is 4.99 Å². The molecule has 9 rings (SSSR count). The molecule has 1 unspecified atom stereocenters. The number of methoxy groups -OCH3 is 3. The normalized spacial score (nSPS) is 16.1. The molecular formula is C48H40N4O3. The Hall–Kier alpha value is -6.99. The number of rotatable bonds is 7. The van der Waals surface area contributed by atoms with E-state index in [2.05, 4.69) is 131 Å². The maximum atomic E-state index is 5.55. The lowest BCUT2D eigenvalue weighted by Gasteiger charge is -2.19. The van der Waals surface area contributed by atoms with Gasteiger partial charge < -0.3 is 29.5 Å². The number of fused-ring (bicyclic) bond motifs is 7. The molecule has 0 amide bonds. The van der Waals surface area contributed by atoms with Crippen LogP contribution in [0.5, 0.6) is 17.2 Å². The third kappa shape index (κ3) is 6.29. The molecular weight excluding hydrogens is 681 g/mol. The quantitative estimate of drug-likeness (QED) is 0.157. The van der Waals surface area contributed by atoms with Crippen molar-refractivity contribution in [2.45, 2.75) is 13.0 Å². The van der Waals surface area contributed by atoms with Gasteiger partial charge in [-0.1, -0.05) is 72.3 Å². The number of ether oxygens (including phenoxy) is 3. The summed E-state index contributed by atoms with van der Waals surface area (Å²) in [4.78, 5) is 13.1. The van der Waals surface area contributed by atoms with Gasteiger partial charge in [0, 0.05) is 50.1 Å². The monoisotopic (exact) mass is 720 g/mol. The van der Waals surface area contributed by atoms with Crippen LogP contribution >= 0.6 is 0 Å². The standard InChI is InChI=1S/C48H40N4O3/c1-29-5-7-30(8-6-29)45-37-21-23-39(49-37)46(31-9-15-34(53-2)16-10-31)41-25-27-43(51-41)48(33-13-19-36(55-4)20-14-33)44-28-26-42(52-44)47(40-24-22-38(45)50-40)32-11-17-35(54-3)18-12-32/h5-28,39,49-51H,1-4H3. The summed E-state index contributed by atoms with van der Waals surface area (Å²) in [5, 5.41) is 5.88. The van der Waals surface area contributed by atoms with Crippen molar-refractivity contribution in [1.82, 2.24) is 15.3 Å². The van der Waals surface area contributed by atoms with Crippen LogP contribution in [0.25, 0.3) is 22.3 Å². The van der Waals surface area contributed by atoms with Crippen molar-refractivity contribution in [3.8, 4) is 17.2 Å². The second-order valence-electron chi connectivity index (χ2n) is 13.8. The molecule has 3 aliphatic rings. The zero-order valence-electron chi connectivity index (χ0n) is 31.1. The molecule has 0 saturated heterocycles. The lowest BCUT2D eigenvalue weighted by atomic mass is 9.98. The van der Waals surface area contributed by atoms with Gasteiger partial charge in [0.25, 0.3) is 0 Å². The predicted molar refractivity (Wildman–Crippen MR) is 221 cm³/mol. The third-order valence-electron chi connectivity index (χ3n) is 10.5. The lowest BCUT2D eigenvalue weighted by molar-refractivity contribution is 0.414. The molecule has 0 fully saturated rings. The molecule has 7 nitrogen and oxygen atoms in total. The number of aromatic nitrogens is 2. The van der Waals surface area contributed by atoms with Gasteiger partial charge in [0.15, 0.2) is 0 Å². The first kappa shape index (κ1) is 33.8. The second-order valence-corrected chi connectivity index (χ2v) is 13.8. The van der Waals surface area contributed by atoms with E-state index in [1.807, 2.05) is 36.4 Å². The fourth-order valence-corrected chi connectivity index (χ4v) is 7.65. The van der Waals surface area contributed by atoms with E-state index in [9.17, 15) is 0 Å².